The number of aliphatic hydroxyl groups excluding tert-OH is 1. The summed E-state index contributed by atoms with van der Waals surface area (Å²) in [5, 5.41) is 9.65. The second kappa shape index (κ2) is 5.48. The van der Waals surface area contributed by atoms with E-state index < -0.39 is 17.9 Å². The number of nitrogens with zero attached hydrogens (tertiary/aromatic N) is 2. The monoisotopic (exact) mass is 288 g/mol. The number of piperidine rings is 1. The van der Waals surface area contributed by atoms with Crippen LogP contribution in [0.2, 0.25) is 0 Å². The summed E-state index contributed by atoms with van der Waals surface area (Å²) in [6.07, 6.45) is 1.72. The predicted molar refractivity (Wildman–Crippen MR) is 79.1 cm³/mol. The van der Waals surface area contributed by atoms with E-state index in [1.54, 1.807) is 4.90 Å². The fourth-order valence-electron chi connectivity index (χ4n) is 3.09. The van der Waals surface area contributed by atoms with Gasteiger partial charge in [-0.3, -0.25) is 9.59 Å². The molecule has 2 aliphatic rings. The molecule has 0 spiro atoms. The summed E-state index contributed by atoms with van der Waals surface area (Å²) < 4.78 is 0. The Bertz CT molecular complexity index is 585. The molecule has 1 atom stereocenters. The molecule has 2 amide bonds. The lowest BCUT2D eigenvalue weighted by atomic mass is 10.1. The molecule has 1 N–H and O–H groups in total. The SMILES string of the molecule is Cc1ccc2c(c1)N(C(=O)C(=O)N1CCCC(O)C1)CC2. The smallest absolute Gasteiger partial charge is 0.316 e. The van der Waals surface area contributed by atoms with Gasteiger partial charge in [-0.1, -0.05) is 12.1 Å². The Labute approximate surface area is 124 Å². The second-order valence-electron chi connectivity index (χ2n) is 5.89. The Morgan fingerprint density at radius 2 is 2.05 bits per heavy atom. The highest BCUT2D eigenvalue weighted by Gasteiger charge is 2.33. The highest BCUT2D eigenvalue weighted by Crippen LogP contribution is 2.29. The van der Waals surface area contributed by atoms with Crippen LogP contribution >= 0.6 is 0 Å². The lowest BCUT2D eigenvalue weighted by Crippen LogP contribution is -2.49. The zero-order valence-electron chi connectivity index (χ0n) is 12.2. The van der Waals surface area contributed by atoms with Gasteiger partial charge in [-0.15, -0.1) is 0 Å². The van der Waals surface area contributed by atoms with Crippen LogP contribution in [0.1, 0.15) is 24.0 Å². The first kappa shape index (κ1) is 14.1. The highest BCUT2D eigenvalue weighted by atomic mass is 16.3. The zero-order valence-corrected chi connectivity index (χ0v) is 12.2. The number of rotatable bonds is 0. The molecule has 21 heavy (non-hydrogen) atoms. The van der Waals surface area contributed by atoms with Gasteiger partial charge in [0.1, 0.15) is 0 Å². The topological polar surface area (TPSA) is 60.9 Å². The van der Waals surface area contributed by atoms with Gasteiger partial charge in [-0.2, -0.15) is 0 Å². The summed E-state index contributed by atoms with van der Waals surface area (Å²) in [7, 11) is 0. The van der Waals surface area contributed by atoms with Crippen molar-refractivity contribution in [1.82, 2.24) is 4.90 Å². The third-order valence-corrected chi connectivity index (χ3v) is 4.25. The molecule has 1 aromatic rings. The fourth-order valence-corrected chi connectivity index (χ4v) is 3.09. The number of aliphatic hydroxyl groups is 1. The second-order valence-corrected chi connectivity index (χ2v) is 5.89. The quantitative estimate of drug-likeness (QED) is 0.721. The van der Waals surface area contributed by atoms with Gasteiger partial charge >= 0.3 is 11.8 Å². The largest absolute Gasteiger partial charge is 0.391 e. The van der Waals surface area contributed by atoms with E-state index >= 15 is 0 Å². The fraction of sp³-hybridized carbons (Fsp3) is 0.500. The molecule has 5 heteroatoms. The first-order chi connectivity index (χ1) is 10.1. The van der Waals surface area contributed by atoms with Crippen molar-refractivity contribution < 1.29 is 14.7 Å². The minimum atomic E-state index is -0.511. The summed E-state index contributed by atoms with van der Waals surface area (Å²) in [6.45, 7) is 3.35. The number of hydrogen-bond acceptors (Lipinski definition) is 3. The summed E-state index contributed by atoms with van der Waals surface area (Å²) in [5.41, 5.74) is 3.04. The first-order valence-electron chi connectivity index (χ1n) is 7.44. The molecule has 0 bridgehead atoms. The summed E-state index contributed by atoms with van der Waals surface area (Å²) in [5.74, 6) is -0.975. The number of fused-ring (bicyclic) bond motifs is 1. The molecule has 1 aromatic carbocycles. The number of benzene rings is 1. The number of anilines is 1. The molecule has 3 rings (SSSR count). The lowest BCUT2D eigenvalue weighted by Gasteiger charge is -2.30. The van der Waals surface area contributed by atoms with Crippen molar-refractivity contribution in [2.45, 2.75) is 32.3 Å². The standard InChI is InChI=1S/C16H20N2O3/c1-11-4-5-12-6-8-18(14(12)9-11)16(21)15(20)17-7-2-3-13(19)10-17/h4-5,9,13,19H,2-3,6-8,10H2,1H3. The number of carbonyl (C=O) groups is 2. The minimum absolute atomic E-state index is 0.263. The maximum absolute atomic E-state index is 12.5. The molecule has 1 fully saturated rings. The summed E-state index contributed by atoms with van der Waals surface area (Å²) >= 11 is 0. The average molecular weight is 288 g/mol. The maximum Gasteiger partial charge on any atom is 0.316 e. The first-order valence-corrected chi connectivity index (χ1v) is 7.44. The Morgan fingerprint density at radius 1 is 1.24 bits per heavy atom. The molecule has 2 aliphatic heterocycles. The van der Waals surface area contributed by atoms with Gasteiger partial charge in [0, 0.05) is 25.3 Å². The molecular formula is C16H20N2O3. The average Bonchev–Trinajstić information content (AvgIpc) is 2.88. The number of β-amino-alcohol motifs (C(OH)–C–C–N with tert-alkyl or cyclic N) is 1. The Hall–Kier alpha value is -1.88. The van der Waals surface area contributed by atoms with Gasteiger partial charge < -0.3 is 14.9 Å². The highest BCUT2D eigenvalue weighted by molar-refractivity contribution is 6.40. The van der Waals surface area contributed by atoms with E-state index in [0.29, 0.717) is 19.5 Å². The van der Waals surface area contributed by atoms with E-state index in [-0.39, 0.29) is 6.54 Å². The van der Waals surface area contributed by atoms with Crippen molar-refractivity contribution in [2.75, 3.05) is 24.5 Å². The molecule has 0 aromatic heterocycles. The van der Waals surface area contributed by atoms with Crippen molar-refractivity contribution >= 4 is 17.5 Å². The van der Waals surface area contributed by atoms with E-state index in [1.807, 2.05) is 25.1 Å². The molecule has 5 nitrogen and oxygen atoms in total. The van der Waals surface area contributed by atoms with Crippen molar-refractivity contribution in [3.63, 3.8) is 0 Å². The van der Waals surface area contributed by atoms with Gasteiger partial charge in [0.2, 0.25) is 0 Å². The van der Waals surface area contributed by atoms with E-state index in [0.717, 1.165) is 29.7 Å². The molecule has 112 valence electrons. The van der Waals surface area contributed by atoms with Gasteiger partial charge in [0.15, 0.2) is 0 Å². The Balaban J connectivity index is 1.78. The van der Waals surface area contributed by atoms with Crippen LogP contribution in [0.15, 0.2) is 18.2 Å². The number of carbonyl (C=O) groups excluding carboxylic acids is 2. The van der Waals surface area contributed by atoms with Crippen LogP contribution in [0.25, 0.3) is 0 Å². The van der Waals surface area contributed by atoms with E-state index in [4.69, 9.17) is 0 Å². The van der Waals surface area contributed by atoms with E-state index in [9.17, 15) is 14.7 Å². The molecule has 2 heterocycles. The number of hydrogen-bond donors (Lipinski definition) is 1. The Kier molecular flexibility index (Phi) is 3.68. The van der Waals surface area contributed by atoms with Gasteiger partial charge in [0.25, 0.3) is 0 Å². The van der Waals surface area contributed by atoms with Crippen LogP contribution in [-0.2, 0) is 16.0 Å². The van der Waals surface area contributed by atoms with Crippen LogP contribution in [0.3, 0.4) is 0 Å². The number of aryl methyl sites for hydroxylation is 1. The zero-order chi connectivity index (χ0) is 15.0. The minimum Gasteiger partial charge on any atom is -0.391 e. The van der Waals surface area contributed by atoms with Gasteiger partial charge in [-0.25, -0.2) is 0 Å². The number of amides is 2. The van der Waals surface area contributed by atoms with E-state index in [2.05, 4.69) is 0 Å². The Morgan fingerprint density at radius 3 is 2.81 bits per heavy atom. The van der Waals surface area contributed by atoms with Crippen LogP contribution in [0.4, 0.5) is 5.69 Å². The molecule has 1 unspecified atom stereocenters. The van der Waals surface area contributed by atoms with Crippen LogP contribution in [-0.4, -0.2) is 47.6 Å². The van der Waals surface area contributed by atoms with Crippen molar-refractivity contribution in [3.05, 3.63) is 29.3 Å². The summed E-state index contributed by atoms with van der Waals surface area (Å²) in [6, 6.07) is 6.00. The van der Waals surface area contributed by atoms with Gasteiger partial charge in [0.05, 0.1) is 6.10 Å². The molecule has 1 saturated heterocycles. The van der Waals surface area contributed by atoms with Crippen molar-refractivity contribution in [2.24, 2.45) is 0 Å². The molecule has 0 radical (unpaired) electrons. The van der Waals surface area contributed by atoms with Crippen LogP contribution < -0.4 is 4.90 Å². The van der Waals surface area contributed by atoms with Crippen LogP contribution in [0.5, 0.6) is 0 Å². The lowest BCUT2D eigenvalue weighted by molar-refractivity contribution is -0.146. The maximum atomic E-state index is 12.5. The van der Waals surface area contributed by atoms with E-state index in [1.165, 1.54) is 4.90 Å². The summed E-state index contributed by atoms with van der Waals surface area (Å²) in [4.78, 5) is 27.9. The van der Waals surface area contributed by atoms with Crippen molar-refractivity contribution in [1.29, 1.82) is 0 Å². The van der Waals surface area contributed by atoms with Gasteiger partial charge in [-0.05, 0) is 43.4 Å². The molecule has 0 aliphatic carbocycles. The van der Waals surface area contributed by atoms with Crippen LogP contribution in [0, 0.1) is 6.92 Å². The van der Waals surface area contributed by atoms with Crippen molar-refractivity contribution in [3.8, 4) is 0 Å². The third-order valence-electron chi connectivity index (χ3n) is 4.25. The molecular weight excluding hydrogens is 268 g/mol. The predicted octanol–water partition coefficient (Wildman–Crippen LogP) is 0.867. The number of likely N-dealkylation sites (tertiary alicyclic amines) is 1. The normalized spacial score (nSPS) is 21.3. The third kappa shape index (κ3) is 2.65. The molecule has 0 saturated carbocycles.